The lowest BCUT2D eigenvalue weighted by molar-refractivity contribution is -0.122. The smallest absolute Gasteiger partial charge is 0.234 e. The first-order valence-corrected chi connectivity index (χ1v) is 9.18. The number of rotatable bonds is 7. The van der Waals surface area contributed by atoms with Crippen LogP contribution in [-0.2, 0) is 11.2 Å². The monoisotopic (exact) mass is 333 g/mol. The summed E-state index contributed by atoms with van der Waals surface area (Å²) >= 11 is 0. The van der Waals surface area contributed by atoms with Crippen LogP contribution in [0.5, 0.6) is 0 Å². The number of likely N-dealkylation sites (tertiary alicyclic amines) is 2. The third kappa shape index (κ3) is 5.02. The zero-order valence-electron chi connectivity index (χ0n) is 14.3. The van der Waals surface area contributed by atoms with E-state index in [9.17, 15) is 9.18 Å². The van der Waals surface area contributed by atoms with Crippen LogP contribution in [0.2, 0.25) is 0 Å². The lowest BCUT2D eigenvalue weighted by Gasteiger charge is -2.27. The number of benzene rings is 1. The van der Waals surface area contributed by atoms with Crippen LogP contribution in [-0.4, -0.2) is 61.0 Å². The van der Waals surface area contributed by atoms with Crippen LogP contribution in [0.3, 0.4) is 0 Å². The normalized spacial score (nSPS) is 22.1. The molecule has 2 fully saturated rings. The number of carbonyl (C=O) groups is 1. The Bertz CT molecular complexity index is 528. The summed E-state index contributed by atoms with van der Waals surface area (Å²) in [6.07, 6.45) is 5.77. The van der Waals surface area contributed by atoms with Crippen molar-refractivity contribution in [1.82, 2.24) is 15.1 Å². The summed E-state index contributed by atoms with van der Waals surface area (Å²) in [5.41, 5.74) is 1.05. The van der Waals surface area contributed by atoms with Gasteiger partial charge in [-0.25, -0.2) is 4.39 Å². The fraction of sp³-hybridized carbons (Fsp3) is 0.632. The Balaban J connectivity index is 1.38. The van der Waals surface area contributed by atoms with Crippen molar-refractivity contribution in [2.45, 2.75) is 38.1 Å². The van der Waals surface area contributed by atoms with E-state index in [1.54, 1.807) is 12.1 Å². The highest BCUT2D eigenvalue weighted by molar-refractivity contribution is 5.78. The van der Waals surface area contributed by atoms with Gasteiger partial charge in [0.25, 0.3) is 0 Å². The molecule has 5 heteroatoms. The van der Waals surface area contributed by atoms with Gasteiger partial charge in [-0.1, -0.05) is 12.1 Å². The van der Waals surface area contributed by atoms with Crippen molar-refractivity contribution in [1.29, 1.82) is 0 Å². The predicted molar refractivity (Wildman–Crippen MR) is 93.4 cm³/mol. The predicted octanol–water partition coefficient (Wildman–Crippen LogP) is 2.04. The molecular formula is C19H28FN3O. The van der Waals surface area contributed by atoms with Gasteiger partial charge in [0, 0.05) is 19.1 Å². The van der Waals surface area contributed by atoms with E-state index in [2.05, 4.69) is 15.1 Å². The van der Waals surface area contributed by atoms with E-state index in [4.69, 9.17) is 0 Å². The van der Waals surface area contributed by atoms with Crippen molar-refractivity contribution in [3.05, 3.63) is 35.6 Å². The minimum absolute atomic E-state index is 0.102. The second-order valence-corrected chi connectivity index (χ2v) is 7.00. The molecule has 1 aromatic rings. The van der Waals surface area contributed by atoms with Crippen LogP contribution in [0.25, 0.3) is 0 Å². The standard InChI is InChI=1S/C19H28FN3O/c20-17-7-5-16(6-8-17)9-10-21-19(24)15-23-13-3-4-18(23)14-22-11-1-2-12-22/h5-8,18H,1-4,9-15H2,(H,21,24)/t18-/m0/s1. The highest BCUT2D eigenvalue weighted by Gasteiger charge is 2.28. The first-order valence-electron chi connectivity index (χ1n) is 9.18. The summed E-state index contributed by atoms with van der Waals surface area (Å²) in [4.78, 5) is 17.1. The number of hydrogen-bond acceptors (Lipinski definition) is 3. The molecule has 2 aliphatic heterocycles. The van der Waals surface area contributed by atoms with E-state index < -0.39 is 0 Å². The summed E-state index contributed by atoms with van der Waals surface area (Å²) < 4.78 is 12.9. The number of amides is 1. The molecule has 0 saturated carbocycles. The van der Waals surface area contributed by atoms with Crippen LogP contribution in [0.4, 0.5) is 4.39 Å². The number of hydrogen-bond donors (Lipinski definition) is 1. The molecule has 2 heterocycles. The lowest BCUT2D eigenvalue weighted by Crippen LogP contribution is -2.44. The molecule has 2 saturated heterocycles. The fourth-order valence-corrected chi connectivity index (χ4v) is 3.81. The zero-order chi connectivity index (χ0) is 16.8. The quantitative estimate of drug-likeness (QED) is 0.829. The van der Waals surface area contributed by atoms with Crippen LogP contribution in [0.1, 0.15) is 31.2 Å². The molecule has 1 aromatic carbocycles. The highest BCUT2D eigenvalue weighted by Crippen LogP contribution is 2.19. The van der Waals surface area contributed by atoms with E-state index in [-0.39, 0.29) is 11.7 Å². The topological polar surface area (TPSA) is 35.6 Å². The van der Waals surface area contributed by atoms with Gasteiger partial charge in [-0.15, -0.1) is 0 Å². The van der Waals surface area contributed by atoms with Crippen LogP contribution in [0, 0.1) is 5.82 Å². The highest BCUT2D eigenvalue weighted by atomic mass is 19.1. The van der Waals surface area contributed by atoms with Crippen molar-refractivity contribution < 1.29 is 9.18 Å². The molecule has 0 aromatic heterocycles. The molecule has 2 aliphatic rings. The molecule has 1 N–H and O–H groups in total. The maximum absolute atomic E-state index is 12.9. The Hall–Kier alpha value is -1.46. The van der Waals surface area contributed by atoms with Crippen molar-refractivity contribution in [3.8, 4) is 0 Å². The van der Waals surface area contributed by atoms with Gasteiger partial charge < -0.3 is 10.2 Å². The van der Waals surface area contributed by atoms with Crippen molar-refractivity contribution in [3.63, 3.8) is 0 Å². The lowest BCUT2D eigenvalue weighted by atomic mass is 10.1. The Labute approximate surface area is 144 Å². The summed E-state index contributed by atoms with van der Waals surface area (Å²) in [5.74, 6) is -0.119. The zero-order valence-corrected chi connectivity index (χ0v) is 14.3. The Morgan fingerprint density at radius 2 is 1.88 bits per heavy atom. The van der Waals surface area contributed by atoms with Crippen molar-refractivity contribution in [2.75, 3.05) is 39.3 Å². The number of carbonyl (C=O) groups excluding carboxylic acids is 1. The largest absolute Gasteiger partial charge is 0.355 e. The maximum Gasteiger partial charge on any atom is 0.234 e. The third-order valence-electron chi connectivity index (χ3n) is 5.16. The summed E-state index contributed by atoms with van der Waals surface area (Å²) in [5, 5.41) is 3.00. The molecule has 4 nitrogen and oxygen atoms in total. The molecule has 132 valence electrons. The Morgan fingerprint density at radius 1 is 1.12 bits per heavy atom. The maximum atomic E-state index is 12.9. The van der Waals surface area contributed by atoms with Gasteiger partial charge >= 0.3 is 0 Å². The molecule has 0 aliphatic carbocycles. The summed E-state index contributed by atoms with van der Waals surface area (Å²) in [7, 11) is 0. The van der Waals surface area contributed by atoms with E-state index >= 15 is 0 Å². The van der Waals surface area contributed by atoms with Crippen LogP contribution < -0.4 is 5.32 Å². The SMILES string of the molecule is O=C(CN1CCC[C@H]1CN1CCCC1)NCCc1ccc(F)cc1. The number of nitrogens with one attached hydrogen (secondary N) is 1. The van der Waals surface area contributed by atoms with Gasteiger partial charge in [0.2, 0.25) is 5.91 Å². The van der Waals surface area contributed by atoms with E-state index in [0.29, 0.717) is 19.1 Å². The number of nitrogens with zero attached hydrogens (tertiary/aromatic N) is 2. The average molecular weight is 333 g/mol. The molecule has 1 amide bonds. The first kappa shape index (κ1) is 17.4. The first-order chi connectivity index (χ1) is 11.7. The molecular weight excluding hydrogens is 305 g/mol. The third-order valence-corrected chi connectivity index (χ3v) is 5.16. The fourth-order valence-electron chi connectivity index (χ4n) is 3.81. The van der Waals surface area contributed by atoms with E-state index in [0.717, 1.165) is 25.1 Å². The van der Waals surface area contributed by atoms with E-state index in [1.807, 2.05) is 0 Å². The molecule has 1 atom stereocenters. The van der Waals surface area contributed by atoms with Crippen LogP contribution in [0.15, 0.2) is 24.3 Å². The minimum Gasteiger partial charge on any atom is -0.355 e. The second kappa shape index (κ2) is 8.58. The Kier molecular flexibility index (Phi) is 6.21. The molecule has 0 radical (unpaired) electrons. The minimum atomic E-state index is -0.221. The van der Waals surface area contributed by atoms with Gasteiger partial charge in [-0.05, 0) is 69.4 Å². The number of halogens is 1. The van der Waals surface area contributed by atoms with Gasteiger partial charge in [-0.2, -0.15) is 0 Å². The van der Waals surface area contributed by atoms with Gasteiger partial charge in [0.1, 0.15) is 5.82 Å². The Morgan fingerprint density at radius 3 is 2.62 bits per heavy atom. The van der Waals surface area contributed by atoms with Gasteiger partial charge in [0.05, 0.1) is 6.54 Å². The molecule has 24 heavy (non-hydrogen) atoms. The average Bonchev–Trinajstić information content (AvgIpc) is 3.22. The second-order valence-electron chi connectivity index (χ2n) is 7.00. The van der Waals surface area contributed by atoms with E-state index in [1.165, 1.54) is 50.9 Å². The molecule has 3 rings (SSSR count). The van der Waals surface area contributed by atoms with Crippen molar-refractivity contribution >= 4 is 5.91 Å². The molecule has 0 bridgehead atoms. The summed E-state index contributed by atoms with van der Waals surface area (Å²) in [6.45, 7) is 5.69. The van der Waals surface area contributed by atoms with Crippen LogP contribution >= 0.6 is 0 Å². The van der Waals surface area contributed by atoms with Gasteiger partial charge in [0.15, 0.2) is 0 Å². The summed E-state index contributed by atoms with van der Waals surface area (Å²) in [6, 6.07) is 7.00. The molecule has 0 unspecified atom stereocenters. The van der Waals surface area contributed by atoms with Gasteiger partial charge in [-0.3, -0.25) is 9.69 Å². The van der Waals surface area contributed by atoms with Crippen molar-refractivity contribution in [2.24, 2.45) is 0 Å². The molecule has 0 spiro atoms.